The molecular weight excluding hydrogens is 298 g/mol. The molecule has 4 N–H and O–H groups in total. The fourth-order valence-electron chi connectivity index (χ4n) is 1.95. The second kappa shape index (κ2) is 7.72. The number of rotatable bonds is 5. The van der Waals surface area contributed by atoms with Crippen molar-refractivity contribution in [2.45, 2.75) is 12.5 Å². The Labute approximate surface area is 132 Å². The van der Waals surface area contributed by atoms with Gasteiger partial charge in [-0.15, -0.1) is 0 Å². The molecule has 0 spiro atoms. The molecule has 0 aliphatic carbocycles. The van der Waals surface area contributed by atoms with Crippen LogP contribution in [0, 0.1) is 11.3 Å². The van der Waals surface area contributed by atoms with Crippen LogP contribution in [0.4, 0.5) is 5.82 Å². The smallest absolute Gasteiger partial charge is 0.314 e. The summed E-state index contributed by atoms with van der Waals surface area (Å²) < 4.78 is 0. The Kier molecular flexibility index (Phi) is 5.44. The van der Waals surface area contributed by atoms with E-state index in [4.69, 9.17) is 5.26 Å². The number of nitrogens with one attached hydrogen (secondary N) is 3. The molecule has 23 heavy (non-hydrogen) atoms. The van der Waals surface area contributed by atoms with Crippen LogP contribution >= 0.6 is 0 Å². The van der Waals surface area contributed by atoms with Crippen LogP contribution in [0.3, 0.4) is 0 Å². The molecule has 8 nitrogen and oxygen atoms in total. The number of carbonyl (C=O) groups excluding carboxylic acids is 2. The zero-order valence-corrected chi connectivity index (χ0v) is 12.1. The van der Waals surface area contributed by atoms with Gasteiger partial charge in [-0.1, -0.05) is 30.3 Å². The maximum Gasteiger partial charge on any atom is 0.314 e. The predicted octanol–water partition coefficient (Wildman–Crippen LogP) is -0.0603. The van der Waals surface area contributed by atoms with Crippen LogP contribution in [0.1, 0.15) is 11.1 Å². The second-order valence-electron chi connectivity index (χ2n) is 4.77. The summed E-state index contributed by atoms with van der Waals surface area (Å²) in [5.41, 5.74) is 1.04. The van der Waals surface area contributed by atoms with Crippen molar-refractivity contribution in [2.24, 2.45) is 0 Å². The first kappa shape index (κ1) is 16.2. The number of nitrogens with zero attached hydrogens (tertiary/aromatic N) is 2. The molecule has 0 saturated carbocycles. The van der Waals surface area contributed by atoms with Crippen LogP contribution in [-0.2, 0) is 16.0 Å². The van der Waals surface area contributed by atoms with Crippen molar-refractivity contribution in [3.8, 4) is 6.07 Å². The zero-order valence-electron chi connectivity index (χ0n) is 12.1. The molecule has 0 bridgehead atoms. The quantitative estimate of drug-likeness (QED) is 0.574. The fraction of sp³-hybridized carbons (Fsp3) is 0.200. The third-order valence-electron chi connectivity index (χ3n) is 3.09. The lowest BCUT2D eigenvalue weighted by Gasteiger charge is -2.16. The summed E-state index contributed by atoms with van der Waals surface area (Å²) in [5.74, 6) is -1.80. The van der Waals surface area contributed by atoms with Crippen LogP contribution in [0.2, 0.25) is 0 Å². The molecule has 8 heteroatoms. The first-order valence-electron chi connectivity index (χ1n) is 6.84. The van der Waals surface area contributed by atoms with E-state index < -0.39 is 17.9 Å². The van der Waals surface area contributed by atoms with Crippen molar-refractivity contribution in [1.82, 2.24) is 15.5 Å². The summed E-state index contributed by atoms with van der Waals surface area (Å²) >= 11 is 0. The molecule has 1 aromatic carbocycles. The molecule has 2 rings (SSSR count). The van der Waals surface area contributed by atoms with Gasteiger partial charge < -0.3 is 15.7 Å². The number of carbonyl (C=O) groups is 2. The van der Waals surface area contributed by atoms with E-state index in [1.807, 2.05) is 36.4 Å². The number of aromatic nitrogens is 2. The van der Waals surface area contributed by atoms with Gasteiger partial charge in [0.25, 0.3) is 0 Å². The molecule has 0 aliphatic rings. The van der Waals surface area contributed by atoms with Crippen molar-refractivity contribution in [3.63, 3.8) is 0 Å². The molecule has 2 amide bonds. The zero-order chi connectivity index (χ0) is 16.7. The van der Waals surface area contributed by atoms with Crippen LogP contribution in [0.15, 0.2) is 36.5 Å². The predicted molar refractivity (Wildman–Crippen MR) is 81.1 cm³/mol. The summed E-state index contributed by atoms with van der Waals surface area (Å²) in [4.78, 5) is 23.7. The Balaban J connectivity index is 1.94. The maximum absolute atomic E-state index is 11.9. The minimum Gasteiger partial charge on any atom is -0.394 e. The standard InChI is InChI=1S/C15H15N5O3/c16-7-11-8-17-20-13(11)19-15(23)14(22)18-12(9-21)6-10-4-2-1-3-5-10/h1-5,8,12,21H,6,9H2,(H,18,22)(H2,17,19,20,23)/t12-/m0/s1. The van der Waals surface area contributed by atoms with E-state index in [0.29, 0.717) is 6.42 Å². The number of nitriles is 1. The number of H-pyrrole nitrogens is 1. The van der Waals surface area contributed by atoms with Gasteiger partial charge in [-0.05, 0) is 12.0 Å². The van der Waals surface area contributed by atoms with Crippen LogP contribution in [-0.4, -0.2) is 39.8 Å². The van der Waals surface area contributed by atoms with E-state index in [1.165, 1.54) is 6.20 Å². The van der Waals surface area contributed by atoms with Crippen molar-refractivity contribution >= 4 is 17.6 Å². The SMILES string of the molecule is N#Cc1cn[nH]c1NC(=O)C(=O)N[C@H](CO)Cc1ccccc1. The minimum absolute atomic E-state index is 0.0521. The summed E-state index contributed by atoms with van der Waals surface area (Å²) in [6, 6.07) is 10.5. The molecular formula is C15H15N5O3. The topological polar surface area (TPSA) is 131 Å². The van der Waals surface area contributed by atoms with Gasteiger partial charge in [-0.25, -0.2) is 0 Å². The summed E-state index contributed by atoms with van der Waals surface area (Å²) in [6.07, 6.45) is 1.63. The summed E-state index contributed by atoms with van der Waals surface area (Å²) in [7, 11) is 0. The number of hydrogen-bond acceptors (Lipinski definition) is 5. The van der Waals surface area contributed by atoms with E-state index in [9.17, 15) is 14.7 Å². The maximum atomic E-state index is 11.9. The van der Waals surface area contributed by atoms with Gasteiger partial charge >= 0.3 is 11.8 Å². The van der Waals surface area contributed by atoms with Crippen LogP contribution in [0.25, 0.3) is 0 Å². The Morgan fingerprint density at radius 2 is 2.04 bits per heavy atom. The van der Waals surface area contributed by atoms with Gasteiger partial charge in [-0.3, -0.25) is 14.7 Å². The number of benzene rings is 1. The van der Waals surface area contributed by atoms with Crippen molar-refractivity contribution in [1.29, 1.82) is 5.26 Å². The molecule has 1 heterocycles. The van der Waals surface area contributed by atoms with Gasteiger partial charge in [0.15, 0.2) is 0 Å². The highest BCUT2D eigenvalue weighted by Gasteiger charge is 2.20. The molecule has 0 aliphatic heterocycles. The van der Waals surface area contributed by atoms with Gasteiger partial charge in [0.05, 0.1) is 18.8 Å². The largest absolute Gasteiger partial charge is 0.394 e. The van der Waals surface area contributed by atoms with Crippen molar-refractivity contribution in [3.05, 3.63) is 47.7 Å². The first-order valence-corrected chi connectivity index (χ1v) is 6.84. The fourth-order valence-corrected chi connectivity index (χ4v) is 1.95. The molecule has 118 valence electrons. The average molecular weight is 313 g/mol. The number of aromatic amines is 1. The van der Waals surface area contributed by atoms with Gasteiger partial charge in [-0.2, -0.15) is 10.4 Å². The highest BCUT2D eigenvalue weighted by molar-refractivity contribution is 6.39. The van der Waals surface area contributed by atoms with Crippen molar-refractivity contribution in [2.75, 3.05) is 11.9 Å². The summed E-state index contributed by atoms with van der Waals surface area (Å²) in [5, 5.41) is 28.9. The molecule has 0 radical (unpaired) electrons. The first-order chi connectivity index (χ1) is 11.1. The third-order valence-corrected chi connectivity index (χ3v) is 3.09. The molecule has 0 unspecified atom stereocenters. The van der Waals surface area contributed by atoms with E-state index >= 15 is 0 Å². The lowest BCUT2D eigenvalue weighted by molar-refractivity contribution is -0.136. The lowest BCUT2D eigenvalue weighted by Crippen LogP contribution is -2.44. The second-order valence-corrected chi connectivity index (χ2v) is 4.77. The van der Waals surface area contributed by atoms with E-state index in [2.05, 4.69) is 20.8 Å². The van der Waals surface area contributed by atoms with E-state index in [0.717, 1.165) is 5.56 Å². The summed E-state index contributed by atoms with van der Waals surface area (Å²) in [6.45, 7) is -0.304. The highest BCUT2D eigenvalue weighted by Crippen LogP contribution is 2.08. The van der Waals surface area contributed by atoms with Crippen molar-refractivity contribution < 1.29 is 14.7 Å². The normalized spacial score (nSPS) is 11.3. The lowest BCUT2D eigenvalue weighted by atomic mass is 10.1. The molecule has 2 aromatic rings. The van der Waals surface area contributed by atoms with Gasteiger partial charge in [0.2, 0.25) is 0 Å². The molecule has 0 saturated heterocycles. The van der Waals surface area contributed by atoms with E-state index in [-0.39, 0.29) is 18.0 Å². The average Bonchev–Trinajstić information content (AvgIpc) is 3.02. The van der Waals surface area contributed by atoms with Crippen LogP contribution < -0.4 is 10.6 Å². The van der Waals surface area contributed by atoms with Gasteiger partial charge in [0, 0.05) is 0 Å². The van der Waals surface area contributed by atoms with E-state index in [1.54, 1.807) is 0 Å². The monoisotopic (exact) mass is 313 g/mol. The number of aliphatic hydroxyl groups is 1. The number of amides is 2. The molecule has 1 atom stereocenters. The minimum atomic E-state index is -0.947. The Hall–Kier alpha value is -3.18. The molecule has 0 fully saturated rings. The van der Waals surface area contributed by atoms with Crippen LogP contribution in [0.5, 0.6) is 0 Å². The number of hydrogen-bond donors (Lipinski definition) is 4. The van der Waals surface area contributed by atoms with Gasteiger partial charge in [0.1, 0.15) is 17.5 Å². The Bertz CT molecular complexity index is 720. The highest BCUT2D eigenvalue weighted by atomic mass is 16.3. The third kappa shape index (κ3) is 4.39. The number of anilines is 1. The Morgan fingerprint density at radius 3 is 2.70 bits per heavy atom. The number of aliphatic hydroxyl groups excluding tert-OH is 1. The molecule has 1 aromatic heterocycles. The Morgan fingerprint density at radius 1 is 1.30 bits per heavy atom.